The molecule has 0 unspecified atom stereocenters. The van der Waals surface area contributed by atoms with Crippen LogP contribution in [0.25, 0.3) is 0 Å². The maximum atomic E-state index is 9.39. The lowest BCUT2D eigenvalue weighted by molar-refractivity contribution is 0.0866. The van der Waals surface area contributed by atoms with Crippen LogP contribution in [0.15, 0.2) is 0 Å². The topological polar surface area (TPSA) is 20.2 Å². The van der Waals surface area contributed by atoms with Gasteiger partial charge in [-0.05, 0) is 37.0 Å². The fourth-order valence-corrected chi connectivity index (χ4v) is 2.66. The Balaban J connectivity index is 2.13. The summed E-state index contributed by atoms with van der Waals surface area (Å²) in [4.78, 5) is 0. The Labute approximate surface area is 56.1 Å². The third-order valence-corrected chi connectivity index (χ3v) is 3.11. The molecule has 0 spiro atoms. The molecule has 2 aliphatic rings. The van der Waals surface area contributed by atoms with Crippen molar-refractivity contribution < 1.29 is 5.11 Å². The zero-order valence-corrected chi connectivity index (χ0v) is 5.88. The lowest BCUT2D eigenvalue weighted by Crippen LogP contribution is -2.21. The molecule has 52 valence electrons. The van der Waals surface area contributed by atoms with Crippen LogP contribution in [0.4, 0.5) is 0 Å². The fraction of sp³-hybridized carbons (Fsp3) is 1.00. The first-order valence-corrected chi connectivity index (χ1v) is 3.95. The molecule has 1 N–H and O–H groups in total. The highest BCUT2D eigenvalue weighted by molar-refractivity contribution is 4.93. The lowest BCUT2D eigenvalue weighted by atomic mass is 9.88. The van der Waals surface area contributed by atoms with Crippen LogP contribution in [0.3, 0.4) is 0 Å². The van der Waals surface area contributed by atoms with Gasteiger partial charge in [0, 0.05) is 0 Å². The highest BCUT2D eigenvalue weighted by atomic mass is 16.3. The summed E-state index contributed by atoms with van der Waals surface area (Å²) in [5.41, 5.74) is 0. The molecule has 0 amide bonds. The Morgan fingerprint density at radius 3 is 2.33 bits per heavy atom. The number of aliphatic hydroxyl groups excluding tert-OH is 1. The summed E-state index contributed by atoms with van der Waals surface area (Å²) in [5.74, 6) is 2.34. The van der Waals surface area contributed by atoms with Gasteiger partial charge in [-0.2, -0.15) is 0 Å². The van der Waals surface area contributed by atoms with E-state index >= 15 is 0 Å². The van der Waals surface area contributed by atoms with Crippen LogP contribution in [0.5, 0.6) is 0 Å². The van der Waals surface area contributed by atoms with Crippen molar-refractivity contribution in [2.45, 2.75) is 32.3 Å². The van der Waals surface area contributed by atoms with Gasteiger partial charge >= 0.3 is 0 Å². The Bertz CT molecular complexity index is 110. The van der Waals surface area contributed by atoms with Crippen LogP contribution >= 0.6 is 0 Å². The predicted molar refractivity (Wildman–Crippen MR) is 36.0 cm³/mol. The van der Waals surface area contributed by atoms with E-state index in [2.05, 4.69) is 6.92 Å². The van der Waals surface area contributed by atoms with Gasteiger partial charge in [-0.3, -0.25) is 0 Å². The largest absolute Gasteiger partial charge is 0.393 e. The predicted octanol–water partition coefficient (Wildman–Crippen LogP) is 1.41. The summed E-state index contributed by atoms with van der Waals surface area (Å²) in [7, 11) is 0. The van der Waals surface area contributed by atoms with Crippen molar-refractivity contribution in [3.63, 3.8) is 0 Å². The van der Waals surface area contributed by atoms with E-state index in [0.717, 1.165) is 18.3 Å². The van der Waals surface area contributed by atoms with Crippen LogP contribution in [0, 0.1) is 17.8 Å². The molecule has 4 atom stereocenters. The van der Waals surface area contributed by atoms with Crippen molar-refractivity contribution in [3.05, 3.63) is 0 Å². The summed E-state index contributed by atoms with van der Waals surface area (Å²) in [5, 5.41) is 9.39. The molecule has 9 heavy (non-hydrogen) atoms. The molecule has 0 saturated heterocycles. The van der Waals surface area contributed by atoms with E-state index in [1.54, 1.807) is 0 Å². The Kier molecular flexibility index (Phi) is 1.10. The minimum Gasteiger partial charge on any atom is -0.393 e. The molecule has 1 heteroatoms. The highest BCUT2D eigenvalue weighted by Crippen LogP contribution is 2.47. The van der Waals surface area contributed by atoms with Gasteiger partial charge < -0.3 is 5.11 Å². The molecule has 0 radical (unpaired) electrons. The average molecular weight is 126 g/mol. The molecule has 0 aliphatic heterocycles. The lowest BCUT2D eigenvalue weighted by Gasteiger charge is -2.21. The van der Waals surface area contributed by atoms with Crippen molar-refractivity contribution in [1.82, 2.24) is 0 Å². The second-order valence-corrected chi connectivity index (χ2v) is 3.78. The van der Waals surface area contributed by atoms with Gasteiger partial charge in [-0.25, -0.2) is 0 Å². The van der Waals surface area contributed by atoms with Crippen molar-refractivity contribution in [2.24, 2.45) is 17.8 Å². The second-order valence-electron chi connectivity index (χ2n) is 3.78. The van der Waals surface area contributed by atoms with Crippen LogP contribution < -0.4 is 0 Å². The van der Waals surface area contributed by atoms with E-state index in [4.69, 9.17) is 0 Å². The van der Waals surface area contributed by atoms with Crippen molar-refractivity contribution in [1.29, 1.82) is 0 Å². The summed E-state index contributed by atoms with van der Waals surface area (Å²) in [6.45, 7) is 2.27. The van der Waals surface area contributed by atoms with E-state index in [0.29, 0.717) is 5.92 Å². The Morgan fingerprint density at radius 1 is 1.22 bits per heavy atom. The molecular weight excluding hydrogens is 112 g/mol. The summed E-state index contributed by atoms with van der Waals surface area (Å²) in [6, 6.07) is 0. The molecule has 0 aromatic carbocycles. The number of hydrogen-bond donors (Lipinski definition) is 1. The van der Waals surface area contributed by atoms with Crippen LogP contribution in [0.2, 0.25) is 0 Å². The highest BCUT2D eigenvalue weighted by Gasteiger charge is 2.42. The number of aliphatic hydroxyl groups is 1. The molecule has 1 nitrogen and oxygen atoms in total. The van der Waals surface area contributed by atoms with E-state index in [-0.39, 0.29) is 6.10 Å². The summed E-state index contributed by atoms with van der Waals surface area (Å²) < 4.78 is 0. The van der Waals surface area contributed by atoms with Gasteiger partial charge in [-0.15, -0.1) is 0 Å². The SMILES string of the molecule is C[C@H]1C[C@@H]2C[C@H]1[C@@H](O)C2. The summed E-state index contributed by atoms with van der Waals surface area (Å²) >= 11 is 0. The minimum absolute atomic E-state index is 0.0544. The minimum atomic E-state index is 0.0544. The smallest absolute Gasteiger partial charge is 0.0573 e. The first-order chi connectivity index (χ1) is 4.27. The van der Waals surface area contributed by atoms with E-state index in [1.807, 2.05) is 0 Å². The maximum Gasteiger partial charge on any atom is 0.0573 e. The number of hydrogen-bond acceptors (Lipinski definition) is 1. The first-order valence-electron chi connectivity index (χ1n) is 3.95. The zero-order chi connectivity index (χ0) is 6.43. The fourth-order valence-electron chi connectivity index (χ4n) is 2.66. The van der Waals surface area contributed by atoms with Crippen molar-refractivity contribution in [2.75, 3.05) is 0 Å². The van der Waals surface area contributed by atoms with Gasteiger partial charge in [0.15, 0.2) is 0 Å². The molecule has 2 saturated carbocycles. The molecule has 0 aromatic heterocycles. The van der Waals surface area contributed by atoms with Crippen LogP contribution in [-0.4, -0.2) is 11.2 Å². The van der Waals surface area contributed by atoms with Gasteiger partial charge in [0.05, 0.1) is 6.10 Å². The Morgan fingerprint density at radius 2 is 2.00 bits per heavy atom. The van der Waals surface area contributed by atoms with Crippen molar-refractivity contribution in [3.8, 4) is 0 Å². The summed E-state index contributed by atoms with van der Waals surface area (Å²) in [6.07, 6.45) is 3.83. The first kappa shape index (κ1) is 5.72. The molecule has 2 rings (SSSR count). The quantitative estimate of drug-likeness (QED) is 0.520. The van der Waals surface area contributed by atoms with Crippen LogP contribution in [0.1, 0.15) is 26.2 Å². The number of rotatable bonds is 0. The average Bonchev–Trinajstić information content (AvgIpc) is 2.22. The Hall–Kier alpha value is -0.0400. The normalized spacial score (nSPS) is 56.7. The van der Waals surface area contributed by atoms with E-state index in [1.165, 1.54) is 12.8 Å². The third-order valence-electron chi connectivity index (χ3n) is 3.11. The van der Waals surface area contributed by atoms with Gasteiger partial charge in [-0.1, -0.05) is 6.92 Å². The van der Waals surface area contributed by atoms with Gasteiger partial charge in [0.25, 0.3) is 0 Å². The third kappa shape index (κ3) is 0.710. The van der Waals surface area contributed by atoms with E-state index in [9.17, 15) is 5.11 Å². The van der Waals surface area contributed by atoms with Crippen LogP contribution in [-0.2, 0) is 0 Å². The standard InChI is InChI=1S/C8H14O/c1-5-2-6-3-7(5)8(9)4-6/h5-9H,2-4H2,1H3/t5-,6+,7+,8-/m0/s1. The molecule has 0 heterocycles. The van der Waals surface area contributed by atoms with Crippen molar-refractivity contribution >= 4 is 0 Å². The molecular formula is C8H14O. The van der Waals surface area contributed by atoms with Gasteiger partial charge in [0.2, 0.25) is 0 Å². The molecule has 2 fully saturated rings. The zero-order valence-electron chi connectivity index (χ0n) is 5.88. The molecule has 2 aliphatic carbocycles. The van der Waals surface area contributed by atoms with E-state index < -0.39 is 0 Å². The molecule has 0 aromatic rings. The maximum absolute atomic E-state index is 9.39. The number of fused-ring (bicyclic) bond motifs is 2. The van der Waals surface area contributed by atoms with Gasteiger partial charge in [0.1, 0.15) is 0 Å². The monoisotopic (exact) mass is 126 g/mol. The molecule has 2 bridgehead atoms. The second kappa shape index (κ2) is 1.72.